The van der Waals surface area contributed by atoms with Crippen molar-refractivity contribution in [3.8, 4) is 0 Å². The Bertz CT molecular complexity index is 715. The zero-order chi connectivity index (χ0) is 18.2. The van der Waals surface area contributed by atoms with Gasteiger partial charge in [-0.15, -0.1) is 0 Å². The summed E-state index contributed by atoms with van der Waals surface area (Å²) in [5.74, 6) is -1.32. The molecule has 25 heavy (non-hydrogen) atoms. The average molecular weight is 343 g/mol. The number of aliphatic hydroxyl groups is 1. The Morgan fingerprint density at radius 2 is 1.64 bits per heavy atom. The number of hydrogen-bond acceptors (Lipinski definition) is 4. The fourth-order valence-electron chi connectivity index (χ4n) is 2.39. The smallest absolute Gasteiger partial charge is 0.408 e. The molecule has 2 aromatic carbocycles. The molecule has 2 atom stereocenters. The standard InChI is InChI=1S/C19H21NO5/c1-13(21)17(18(22)23)20-19(24)25-12-16-10-6-5-9-15(16)11-14-7-3-2-4-8-14/h2-10,13,17,21H,11-12H2,1H3,(H,20,24)(H,22,23). The number of ether oxygens (including phenoxy) is 1. The average Bonchev–Trinajstić information content (AvgIpc) is 2.59. The molecule has 0 aliphatic carbocycles. The van der Waals surface area contributed by atoms with Crippen LogP contribution in [0.25, 0.3) is 0 Å². The summed E-state index contributed by atoms with van der Waals surface area (Å²) < 4.78 is 5.11. The molecule has 0 saturated heterocycles. The van der Waals surface area contributed by atoms with E-state index in [1.165, 1.54) is 6.92 Å². The summed E-state index contributed by atoms with van der Waals surface area (Å²) in [6.07, 6.45) is -1.41. The number of rotatable bonds is 7. The second kappa shape index (κ2) is 8.84. The van der Waals surface area contributed by atoms with Gasteiger partial charge in [-0.25, -0.2) is 9.59 Å². The van der Waals surface area contributed by atoms with Gasteiger partial charge >= 0.3 is 12.1 Å². The van der Waals surface area contributed by atoms with Crippen LogP contribution in [-0.2, 0) is 22.6 Å². The Labute approximate surface area is 146 Å². The number of benzene rings is 2. The Kier molecular flexibility index (Phi) is 6.54. The highest BCUT2D eigenvalue weighted by atomic mass is 16.5. The maximum Gasteiger partial charge on any atom is 0.408 e. The van der Waals surface area contributed by atoms with Gasteiger partial charge in [0.05, 0.1) is 6.10 Å². The molecule has 2 unspecified atom stereocenters. The molecule has 0 saturated carbocycles. The Hall–Kier alpha value is -2.86. The van der Waals surface area contributed by atoms with Crippen LogP contribution in [-0.4, -0.2) is 34.4 Å². The van der Waals surface area contributed by atoms with Crippen molar-refractivity contribution in [1.29, 1.82) is 0 Å². The molecule has 6 nitrogen and oxygen atoms in total. The molecule has 6 heteroatoms. The zero-order valence-corrected chi connectivity index (χ0v) is 13.9. The Balaban J connectivity index is 1.99. The van der Waals surface area contributed by atoms with Gasteiger partial charge in [-0.3, -0.25) is 0 Å². The minimum atomic E-state index is -1.41. The van der Waals surface area contributed by atoms with E-state index >= 15 is 0 Å². The van der Waals surface area contributed by atoms with Crippen LogP contribution in [0.15, 0.2) is 54.6 Å². The number of carboxylic acid groups (broad SMARTS) is 1. The molecule has 0 heterocycles. The molecule has 0 aliphatic heterocycles. The topological polar surface area (TPSA) is 95.9 Å². The van der Waals surface area contributed by atoms with Gasteiger partial charge in [-0.1, -0.05) is 54.6 Å². The highest BCUT2D eigenvalue weighted by Crippen LogP contribution is 2.15. The third kappa shape index (κ3) is 5.61. The van der Waals surface area contributed by atoms with Crippen molar-refractivity contribution in [3.05, 3.63) is 71.3 Å². The minimum Gasteiger partial charge on any atom is -0.480 e. The predicted molar refractivity (Wildman–Crippen MR) is 92.1 cm³/mol. The van der Waals surface area contributed by atoms with E-state index in [-0.39, 0.29) is 6.61 Å². The molecular weight excluding hydrogens is 322 g/mol. The van der Waals surface area contributed by atoms with Crippen LogP contribution >= 0.6 is 0 Å². The molecule has 0 fully saturated rings. The summed E-state index contributed by atoms with van der Waals surface area (Å²) in [7, 11) is 0. The number of aliphatic carboxylic acids is 1. The van der Waals surface area contributed by atoms with E-state index in [0.717, 1.165) is 16.7 Å². The summed E-state index contributed by atoms with van der Waals surface area (Å²) >= 11 is 0. The lowest BCUT2D eigenvalue weighted by molar-refractivity contribution is -0.142. The maximum atomic E-state index is 11.8. The van der Waals surface area contributed by atoms with E-state index in [9.17, 15) is 14.7 Å². The first-order valence-corrected chi connectivity index (χ1v) is 7.92. The number of carboxylic acids is 1. The van der Waals surface area contributed by atoms with Gasteiger partial charge in [0.15, 0.2) is 6.04 Å². The van der Waals surface area contributed by atoms with Gasteiger partial charge in [0.2, 0.25) is 0 Å². The van der Waals surface area contributed by atoms with Crippen molar-refractivity contribution in [3.63, 3.8) is 0 Å². The molecule has 132 valence electrons. The van der Waals surface area contributed by atoms with E-state index in [1.54, 1.807) is 0 Å². The first kappa shape index (κ1) is 18.5. The molecule has 0 spiro atoms. The molecular formula is C19H21NO5. The van der Waals surface area contributed by atoms with Crippen molar-refractivity contribution < 1.29 is 24.5 Å². The number of hydrogen-bond donors (Lipinski definition) is 3. The number of amides is 1. The van der Waals surface area contributed by atoms with Crippen LogP contribution in [0, 0.1) is 0 Å². The van der Waals surface area contributed by atoms with Crippen LogP contribution in [0.4, 0.5) is 4.79 Å². The van der Waals surface area contributed by atoms with E-state index < -0.39 is 24.2 Å². The first-order chi connectivity index (χ1) is 12.0. The number of alkyl carbamates (subject to hydrolysis) is 1. The van der Waals surface area contributed by atoms with Crippen molar-refractivity contribution in [1.82, 2.24) is 5.32 Å². The van der Waals surface area contributed by atoms with Crippen LogP contribution in [0.1, 0.15) is 23.6 Å². The van der Waals surface area contributed by atoms with Gasteiger partial charge in [-0.05, 0) is 30.0 Å². The third-order valence-corrected chi connectivity index (χ3v) is 3.74. The number of aliphatic hydroxyl groups excluding tert-OH is 1. The van der Waals surface area contributed by atoms with E-state index in [2.05, 4.69) is 5.32 Å². The van der Waals surface area contributed by atoms with Gasteiger partial charge in [0, 0.05) is 0 Å². The van der Waals surface area contributed by atoms with Gasteiger partial charge < -0.3 is 20.3 Å². The molecule has 2 rings (SSSR count). The minimum absolute atomic E-state index is 0.0149. The molecule has 0 aliphatic rings. The molecule has 0 bridgehead atoms. The van der Waals surface area contributed by atoms with Gasteiger partial charge in [0.25, 0.3) is 0 Å². The van der Waals surface area contributed by atoms with E-state index in [1.807, 2.05) is 54.6 Å². The summed E-state index contributed by atoms with van der Waals surface area (Å²) in [6.45, 7) is 1.30. The second-order valence-corrected chi connectivity index (χ2v) is 5.71. The number of carbonyl (C=O) groups excluding carboxylic acids is 1. The summed E-state index contributed by atoms with van der Waals surface area (Å²) in [6, 6.07) is 16.1. The fraction of sp³-hybridized carbons (Fsp3) is 0.263. The molecule has 0 aromatic heterocycles. The highest BCUT2D eigenvalue weighted by molar-refractivity contribution is 5.80. The maximum absolute atomic E-state index is 11.8. The largest absolute Gasteiger partial charge is 0.480 e. The van der Waals surface area contributed by atoms with Crippen molar-refractivity contribution in [2.45, 2.75) is 32.1 Å². The van der Waals surface area contributed by atoms with Crippen molar-refractivity contribution >= 4 is 12.1 Å². The molecule has 1 amide bonds. The third-order valence-electron chi connectivity index (χ3n) is 3.74. The SMILES string of the molecule is CC(O)C(NC(=O)OCc1ccccc1Cc1ccccc1)C(=O)O. The lowest BCUT2D eigenvalue weighted by atomic mass is 10.0. The molecule has 2 aromatic rings. The second-order valence-electron chi connectivity index (χ2n) is 5.71. The predicted octanol–water partition coefficient (Wildman–Crippen LogP) is 2.34. The quantitative estimate of drug-likeness (QED) is 0.717. The summed E-state index contributed by atoms with van der Waals surface area (Å²) in [5.41, 5.74) is 3.00. The van der Waals surface area contributed by atoms with Crippen LogP contribution in [0.2, 0.25) is 0 Å². The van der Waals surface area contributed by atoms with Gasteiger partial charge in [-0.2, -0.15) is 0 Å². The lowest BCUT2D eigenvalue weighted by Gasteiger charge is -2.17. The van der Waals surface area contributed by atoms with Crippen LogP contribution in [0.5, 0.6) is 0 Å². The summed E-state index contributed by atoms with van der Waals surface area (Å²) in [4.78, 5) is 22.8. The highest BCUT2D eigenvalue weighted by Gasteiger charge is 2.25. The lowest BCUT2D eigenvalue weighted by Crippen LogP contribution is -2.47. The Morgan fingerprint density at radius 3 is 2.24 bits per heavy atom. The fourth-order valence-corrected chi connectivity index (χ4v) is 2.39. The normalized spacial score (nSPS) is 12.9. The number of carbonyl (C=O) groups is 2. The van der Waals surface area contributed by atoms with E-state index in [0.29, 0.717) is 6.42 Å². The van der Waals surface area contributed by atoms with Crippen molar-refractivity contribution in [2.24, 2.45) is 0 Å². The van der Waals surface area contributed by atoms with Crippen molar-refractivity contribution in [2.75, 3.05) is 0 Å². The number of nitrogens with one attached hydrogen (secondary N) is 1. The van der Waals surface area contributed by atoms with Crippen LogP contribution < -0.4 is 5.32 Å². The van der Waals surface area contributed by atoms with Gasteiger partial charge in [0.1, 0.15) is 6.61 Å². The van der Waals surface area contributed by atoms with Crippen LogP contribution in [0.3, 0.4) is 0 Å². The Morgan fingerprint density at radius 1 is 1.04 bits per heavy atom. The van der Waals surface area contributed by atoms with E-state index in [4.69, 9.17) is 9.84 Å². The monoisotopic (exact) mass is 343 g/mol. The first-order valence-electron chi connectivity index (χ1n) is 7.92. The summed E-state index contributed by atoms with van der Waals surface area (Å²) in [5, 5.41) is 20.5. The molecule has 3 N–H and O–H groups in total. The molecule has 0 radical (unpaired) electrons. The zero-order valence-electron chi connectivity index (χ0n) is 13.9.